The number of nitrogens with one attached hydrogen (secondary N) is 1. The molecule has 0 aliphatic carbocycles. The highest BCUT2D eigenvalue weighted by Crippen LogP contribution is 2.24. The first-order valence-corrected chi connectivity index (χ1v) is 7.95. The van der Waals surface area contributed by atoms with E-state index in [-0.39, 0.29) is 12.1 Å². The van der Waals surface area contributed by atoms with E-state index in [4.69, 9.17) is 9.47 Å². The molecule has 2 atom stereocenters. The van der Waals surface area contributed by atoms with Crippen LogP contribution >= 0.6 is 0 Å². The molecule has 0 fully saturated rings. The Morgan fingerprint density at radius 2 is 2.26 bits per heavy atom. The molecule has 4 nitrogen and oxygen atoms in total. The third kappa shape index (κ3) is 4.11. The first kappa shape index (κ1) is 15.6. The summed E-state index contributed by atoms with van der Waals surface area (Å²) >= 11 is 0. The first-order valence-electron chi connectivity index (χ1n) is 7.95. The van der Waals surface area contributed by atoms with E-state index in [1.54, 1.807) is 13.4 Å². The number of rotatable bonds is 6. The molecule has 23 heavy (non-hydrogen) atoms. The van der Waals surface area contributed by atoms with Gasteiger partial charge in [-0.2, -0.15) is 0 Å². The van der Waals surface area contributed by atoms with Crippen LogP contribution in [0.4, 0.5) is 0 Å². The van der Waals surface area contributed by atoms with E-state index in [1.165, 1.54) is 0 Å². The summed E-state index contributed by atoms with van der Waals surface area (Å²) in [5, 5.41) is 3.60. The molecule has 0 unspecified atom stereocenters. The summed E-state index contributed by atoms with van der Waals surface area (Å²) in [6.07, 6.45) is 8.00. The molecule has 1 aliphatic heterocycles. The van der Waals surface area contributed by atoms with E-state index < -0.39 is 0 Å². The Morgan fingerprint density at radius 3 is 3.00 bits per heavy atom. The maximum absolute atomic E-state index is 5.66. The van der Waals surface area contributed by atoms with E-state index >= 15 is 0 Å². The predicted molar refractivity (Wildman–Crippen MR) is 90.3 cm³/mol. The summed E-state index contributed by atoms with van der Waals surface area (Å²) in [7, 11) is 1.69. The highest BCUT2D eigenvalue weighted by atomic mass is 16.5. The minimum Gasteiger partial charge on any atom is -0.497 e. The lowest BCUT2D eigenvalue weighted by molar-refractivity contribution is 0.120. The largest absolute Gasteiger partial charge is 0.497 e. The van der Waals surface area contributed by atoms with Gasteiger partial charge < -0.3 is 14.8 Å². The summed E-state index contributed by atoms with van der Waals surface area (Å²) < 4.78 is 11.0. The lowest BCUT2D eigenvalue weighted by Crippen LogP contribution is -2.33. The van der Waals surface area contributed by atoms with Gasteiger partial charge in [0.25, 0.3) is 0 Å². The Bertz CT molecular complexity index is 643. The van der Waals surface area contributed by atoms with Crippen LogP contribution in [0.1, 0.15) is 30.1 Å². The van der Waals surface area contributed by atoms with E-state index in [0.717, 1.165) is 36.4 Å². The van der Waals surface area contributed by atoms with Gasteiger partial charge in [0.1, 0.15) is 11.9 Å². The van der Waals surface area contributed by atoms with Crippen LogP contribution in [0.25, 0.3) is 0 Å². The number of benzene rings is 1. The molecular formula is C19H22N2O2. The Kier molecular flexibility index (Phi) is 5.27. The number of hydrogen-bond donors (Lipinski definition) is 1. The van der Waals surface area contributed by atoms with Crippen LogP contribution < -0.4 is 10.1 Å². The Morgan fingerprint density at radius 1 is 1.30 bits per heavy atom. The number of methoxy groups -OCH3 is 1. The molecule has 0 saturated heterocycles. The molecule has 1 N–H and O–H groups in total. The topological polar surface area (TPSA) is 43.4 Å². The molecule has 2 aromatic rings. The standard InChI is InChI=1S/C19H22N2O2/c1-22-16-9-6-7-15(13-16)19(18-10-2-4-11-20-18)21-14-17-8-3-5-12-23-17/h2,4-7,9-13,17,19,21H,3,8,14H2,1H3/t17-,19+/m0/s1. The summed E-state index contributed by atoms with van der Waals surface area (Å²) in [4.78, 5) is 4.52. The van der Waals surface area contributed by atoms with Crippen LogP contribution in [0.5, 0.6) is 5.75 Å². The highest BCUT2D eigenvalue weighted by Gasteiger charge is 2.18. The van der Waals surface area contributed by atoms with Gasteiger partial charge >= 0.3 is 0 Å². The molecule has 3 rings (SSSR count). The average Bonchev–Trinajstić information content (AvgIpc) is 2.64. The molecule has 1 aromatic carbocycles. The second kappa shape index (κ2) is 7.79. The Hall–Kier alpha value is -2.33. The summed E-state index contributed by atoms with van der Waals surface area (Å²) in [5.41, 5.74) is 2.13. The smallest absolute Gasteiger partial charge is 0.119 e. The van der Waals surface area contributed by atoms with Gasteiger partial charge in [-0.15, -0.1) is 0 Å². The van der Waals surface area contributed by atoms with Crippen molar-refractivity contribution in [1.82, 2.24) is 10.3 Å². The molecule has 2 heterocycles. The Labute approximate surface area is 137 Å². The molecule has 0 spiro atoms. The van der Waals surface area contributed by atoms with Crippen LogP contribution in [0.2, 0.25) is 0 Å². The lowest BCUT2D eigenvalue weighted by atomic mass is 10.0. The number of ether oxygens (including phenoxy) is 2. The third-order valence-electron chi connectivity index (χ3n) is 3.98. The van der Waals surface area contributed by atoms with Crippen LogP contribution in [-0.2, 0) is 4.74 Å². The van der Waals surface area contributed by atoms with Gasteiger partial charge in [-0.05, 0) is 48.7 Å². The fourth-order valence-electron chi connectivity index (χ4n) is 2.75. The molecular weight excluding hydrogens is 288 g/mol. The molecule has 0 amide bonds. The van der Waals surface area contributed by atoms with Crippen molar-refractivity contribution in [2.75, 3.05) is 13.7 Å². The number of pyridine rings is 1. The molecule has 1 aromatic heterocycles. The fraction of sp³-hybridized carbons (Fsp3) is 0.316. The van der Waals surface area contributed by atoms with Gasteiger partial charge in [0, 0.05) is 12.7 Å². The van der Waals surface area contributed by atoms with Gasteiger partial charge in [-0.3, -0.25) is 4.98 Å². The van der Waals surface area contributed by atoms with Gasteiger partial charge in [0.15, 0.2) is 0 Å². The SMILES string of the molecule is COc1cccc([C@@H](NC[C@@H]2CCC=CO2)c2ccccn2)c1. The van der Waals surface area contributed by atoms with Crippen molar-refractivity contribution in [3.8, 4) is 5.75 Å². The van der Waals surface area contributed by atoms with Crippen LogP contribution in [0.15, 0.2) is 61.0 Å². The zero-order valence-corrected chi connectivity index (χ0v) is 13.3. The molecule has 120 valence electrons. The average molecular weight is 310 g/mol. The first-order chi connectivity index (χ1) is 11.4. The maximum Gasteiger partial charge on any atom is 0.119 e. The molecule has 4 heteroatoms. The monoisotopic (exact) mass is 310 g/mol. The molecule has 0 bridgehead atoms. The molecule has 1 aliphatic rings. The minimum atomic E-state index is 0.0146. The number of hydrogen-bond acceptors (Lipinski definition) is 4. The van der Waals surface area contributed by atoms with Gasteiger partial charge in [-0.25, -0.2) is 0 Å². The van der Waals surface area contributed by atoms with Crippen LogP contribution in [0, 0.1) is 0 Å². The number of nitrogens with zero attached hydrogens (tertiary/aromatic N) is 1. The van der Waals surface area contributed by atoms with E-state index in [9.17, 15) is 0 Å². The van der Waals surface area contributed by atoms with Gasteiger partial charge in [-0.1, -0.05) is 18.2 Å². The third-order valence-corrected chi connectivity index (χ3v) is 3.98. The van der Waals surface area contributed by atoms with E-state index in [0.29, 0.717) is 0 Å². The van der Waals surface area contributed by atoms with E-state index in [2.05, 4.69) is 22.4 Å². The van der Waals surface area contributed by atoms with Crippen molar-refractivity contribution >= 4 is 0 Å². The predicted octanol–water partition coefficient (Wildman–Crippen LogP) is 3.46. The van der Waals surface area contributed by atoms with Crippen molar-refractivity contribution in [3.63, 3.8) is 0 Å². The lowest BCUT2D eigenvalue weighted by Gasteiger charge is -2.24. The van der Waals surface area contributed by atoms with Gasteiger partial charge in [0.2, 0.25) is 0 Å². The molecule has 0 radical (unpaired) electrons. The Balaban J connectivity index is 1.80. The zero-order valence-electron chi connectivity index (χ0n) is 13.3. The van der Waals surface area contributed by atoms with Crippen LogP contribution in [0.3, 0.4) is 0 Å². The zero-order chi connectivity index (χ0) is 15.9. The van der Waals surface area contributed by atoms with Crippen molar-refractivity contribution in [2.45, 2.75) is 25.0 Å². The van der Waals surface area contributed by atoms with E-state index in [1.807, 2.05) is 42.6 Å². The highest BCUT2D eigenvalue weighted by molar-refractivity contribution is 5.34. The fourth-order valence-corrected chi connectivity index (χ4v) is 2.75. The summed E-state index contributed by atoms with van der Waals surface area (Å²) in [6, 6.07) is 14.1. The van der Waals surface area contributed by atoms with Gasteiger partial charge in [0.05, 0.1) is 25.1 Å². The number of allylic oxidation sites excluding steroid dienone is 1. The number of aromatic nitrogens is 1. The maximum atomic E-state index is 5.66. The van der Waals surface area contributed by atoms with Crippen molar-refractivity contribution < 1.29 is 9.47 Å². The van der Waals surface area contributed by atoms with Crippen molar-refractivity contribution in [3.05, 3.63) is 72.3 Å². The summed E-state index contributed by atoms with van der Waals surface area (Å²) in [6.45, 7) is 0.781. The van der Waals surface area contributed by atoms with Crippen molar-refractivity contribution in [1.29, 1.82) is 0 Å². The minimum absolute atomic E-state index is 0.0146. The second-order valence-corrected chi connectivity index (χ2v) is 5.58. The van der Waals surface area contributed by atoms with Crippen LogP contribution in [-0.4, -0.2) is 24.7 Å². The normalized spacial score (nSPS) is 18.2. The van der Waals surface area contributed by atoms with Crippen molar-refractivity contribution in [2.24, 2.45) is 0 Å². The quantitative estimate of drug-likeness (QED) is 0.887. The second-order valence-electron chi connectivity index (χ2n) is 5.58. The summed E-state index contributed by atoms with van der Waals surface area (Å²) in [5.74, 6) is 0.849. The molecule has 0 saturated carbocycles.